The number of rotatable bonds is 4. The molecular weight excluding hydrogens is 340 g/mol. The Kier molecular flexibility index (Phi) is 6.08. The Labute approximate surface area is 152 Å². The van der Waals surface area contributed by atoms with Crippen LogP contribution in [0.25, 0.3) is 0 Å². The maximum absolute atomic E-state index is 13.0. The Hall–Kier alpha value is -2.16. The summed E-state index contributed by atoms with van der Waals surface area (Å²) in [5, 5.41) is 8.82. The number of hydrogen-bond acceptors (Lipinski definition) is 6. The second-order valence-electron chi connectivity index (χ2n) is 6.56. The summed E-state index contributed by atoms with van der Waals surface area (Å²) in [6.07, 6.45) is 1.12. The molecule has 2 amide bonds. The van der Waals surface area contributed by atoms with Crippen LogP contribution >= 0.6 is 0 Å². The molecule has 2 N–H and O–H groups in total. The molecule has 1 fully saturated rings. The molecule has 0 aliphatic carbocycles. The van der Waals surface area contributed by atoms with E-state index in [1.807, 2.05) is 0 Å². The topological polar surface area (TPSA) is 97.3 Å². The van der Waals surface area contributed by atoms with E-state index in [0.29, 0.717) is 38.7 Å². The summed E-state index contributed by atoms with van der Waals surface area (Å²) in [6, 6.07) is 4.92. The molecule has 26 heavy (non-hydrogen) atoms. The lowest BCUT2D eigenvalue weighted by atomic mass is 9.98. The quantitative estimate of drug-likeness (QED) is 0.610. The number of carbonyl (C=O) groups is 2. The zero-order valence-electron chi connectivity index (χ0n) is 14.8. The molecule has 0 bridgehead atoms. The molecule has 0 saturated carbocycles. The number of nitrogens with one attached hydrogen (secondary N) is 1. The summed E-state index contributed by atoms with van der Waals surface area (Å²) >= 11 is 0. The van der Waals surface area contributed by atoms with Crippen molar-refractivity contribution in [2.24, 2.45) is 5.92 Å². The highest BCUT2D eigenvalue weighted by Crippen LogP contribution is 2.29. The average molecular weight is 364 g/mol. The Morgan fingerprint density at radius 2 is 2.12 bits per heavy atom. The number of amides is 2. The van der Waals surface area contributed by atoms with Gasteiger partial charge in [-0.2, -0.15) is 0 Å². The molecule has 0 spiro atoms. The summed E-state index contributed by atoms with van der Waals surface area (Å²) in [7, 11) is 1.58. The molecule has 2 heterocycles. The van der Waals surface area contributed by atoms with Gasteiger partial charge in [0.05, 0.1) is 13.2 Å². The van der Waals surface area contributed by atoms with Crippen molar-refractivity contribution >= 4 is 11.8 Å². The van der Waals surface area contributed by atoms with Crippen molar-refractivity contribution in [3.63, 3.8) is 0 Å². The fourth-order valence-electron chi connectivity index (χ4n) is 3.38. The summed E-state index contributed by atoms with van der Waals surface area (Å²) < 4.78 is 16.6. The van der Waals surface area contributed by atoms with E-state index in [1.54, 1.807) is 35.7 Å². The number of hydrogen-bond donors (Lipinski definition) is 2. The van der Waals surface area contributed by atoms with E-state index in [0.717, 1.165) is 18.4 Å². The van der Waals surface area contributed by atoms with Crippen LogP contribution in [0.4, 0.5) is 0 Å². The minimum atomic E-state index is -0.612. The molecule has 142 valence electrons. The van der Waals surface area contributed by atoms with Gasteiger partial charge >= 0.3 is 0 Å². The molecule has 8 nitrogen and oxygen atoms in total. The van der Waals surface area contributed by atoms with Crippen LogP contribution in [0, 0.1) is 5.92 Å². The first kappa shape index (κ1) is 18.6. The summed E-state index contributed by atoms with van der Waals surface area (Å²) in [6.45, 7) is 2.37. The number of hydroxylamine groups is 1. The third-order valence-corrected chi connectivity index (χ3v) is 4.74. The molecular formula is C18H24N2O6. The minimum Gasteiger partial charge on any atom is -0.486 e. The Balaban J connectivity index is 1.84. The first-order valence-electron chi connectivity index (χ1n) is 8.72. The largest absolute Gasteiger partial charge is 0.486 e. The van der Waals surface area contributed by atoms with Crippen molar-refractivity contribution < 1.29 is 29.0 Å². The maximum atomic E-state index is 13.0. The first-order chi connectivity index (χ1) is 12.6. The van der Waals surface area contributed by atoms with Crippen LogP contribution in [0.2, 0.25) is 0 Å². The van der Waals surface area contributed by atoms with Gasteiger partial charge < -0.3 is 19.1 Å². The molecule has 2 aliphatic rings. The molecule has 2 aliphatic heterocycles. The van der Waals surface area contributed by atoms with Crippen molar-refractivity contribution in [1.29, 1.82) is 0 Å². The summed E-state index contributed by atoms with van der Waals surface area (Å²) in [5.74, 6) is -0.0227. The number of nitrogens with zero attached hydrogens (tertiary/aromatic N) is 1. The van der Waals surface area contributed by atoms with Gasteiger partial charge in [-0.15, -0.1) is 0 Å². The van der Waals surface area contributed by atoms with E-state index in [1.165, 1.54) is 0 Å². The second-order valence-corrected chi connectivity index (χ2v) is 6.56. The molecule has 1 atom stereocenters. The van der Waals surface area contributed by atoms with Crippen LogP contribution in [0.5, 0.6) is 5.75 Å². The van der Waals surface area contributed by atoms with Crippen LogP contribution in [0.1, 0.15) is 28.8 Å². The zero-order chi connectivity index (χ0) is 18.5. The van der Waals surface area contributed by atoms with Crippen molar-refractivity contribution in [3.05, 3.63) is 29.3 Å². The molecule has 3 rings (SSSR count). The van der Waals surface area contributed by atoms with Crippen LogP contribution in [-0.2, 0) is 20.8 Å². The van der Waals surface area contributed by atoms with E-state index in [4.69, 9.17) is 19.4 Å². The number of benzene rings is 1. The summed E-state index contributed by atoms with van der Waals surface area (Å²) in [5.41, 5.74) is 2.72. The lowest BCUT2D eigenvalue weighted by Gasteiger charge is -2.29. The van der Waals surface area contributed by atoms with Crippen molar-refractivity contribution in [1.82, 2.24) is 10.4 Å². The first-order valence-corrected chi connectivity index (χ1v) is 8.72. The minimum absolute atomic E-state index is 0.0343. The lowest BCUT2D eigenvalue weighted by molar-refractivity contribution is -0.140. The van der Waals surface area contributed by atoms with Crippen LogP contribution < -0.4 is 10.2 Å². The highest BCUT2D eigenvalue weighted by atomic mass is 16.5. The number of ether oxygens (including phenoxy) is 3. The standard InChI is InChI=1S/C18H24N2O6/c1-24-11-15-10-20(18(22)12-4-6-25-7-5-12)9-14-3-2-13(17(21)19-23)8-16(14)26-15/h2-3,8,12,15,23H,4-7,9-11H2,1H3,(H,19,21)/t15-/m0/s1. The number of methoxy groups -OCH3 is 1. The predicted octanol–water partition coefficient (Wildman–Crippen LogP) is 0.968. The van der Waals surface area contributed by atoms with E-state index in [-0.39, 0.29) is 23.5 Å². The van der Waals surface area contributed by atoms with Crippen molar-refractivity contribution in [3.8, 4) is 5.75 Å². The van der Waals surface area contributed by atoms with Gasteiger partial charge in [0.25, 0.3) is 5.91 Å². The Bertz CT molecular complexity index is 659. The number of carbonyl (C=O) groups excluding carboxylic acids is 2. The van der Waals surface area contributed by atoms with Gasteiger partial charge in [-0.3, -0.25) is 14.8 Å². The average Bonchev–Trinajstić information content (AvgIpc) is 2.86. The van der Waals surface area contributed by atoms with E-state index in [9.17, 15) is 9.59 Å². The second kappa shape index (κ2) is 8.48. The van der Waals surface area contributed by atoms with Crippen molar-refractivity contribution in [2.75, 3.05) is 33.5 Å². The fourth-order valence-corrected chi connectivity index (χ4v) is 3.38. The lowest BCUT2D eigenvalue weighted by Crippen LogP contribution is -2.43. The smallest absolute Gasteiger partial charge is 0.274 e. The molecule has 1 saturated heterocycles. The van der Waals surface area contributed by atoms with Gasteiger partial charge in [0, 0.05) is 43.9 Å². The number of fused-ring (bicyclic) bond motifs is 1. The van der Waals surface area contributed by atoms with E-state index in [2.05, 4.69) is 0 Å². The maximum Gasteiger partial charge on any atom is 0.274 e. The summed E-state index contributed by atoms with van der Waals surface area (Å²) in [4.78, 5) is 26.4. The third kappa shape index (κ3) is 4.14. The van der Waals surface area contributed by atoms with Crippen LogP contribution in [0.15, 0.2) is 18.2 Å². The monoisotopic (exact) mass is 364 g/mol. The predicted molar refractivity (Wildman–Crippen MR) is 90.9 cm³/mol. The van der Waals surface area contributed by atoms with E-state index >= 15 is 0 Å². The molecule has 0 radical (unpaired) electrons. The van der Waals surface area contributed by atoms with Gasteiger partial charge in [0.15, 0.2) is 0 Å². The van der Waals surface area contributed by atoms with Crippen LogP contribution in [0.3, 0.4) is 0 Å². The molecule has 1 aromatic carbocycles. The van der Waals surface area contributed by atoms with Gasteiger partial charge in [-0.05, 0) is 25.0 Å². The third-order valence-electron chi connectivity index (χ3n) is 4.74. The van der Waals surface area contributed by atoms with Gasteiger partial charge in [0.1, 0.15) is 11.9 Å². The SMILES string of the molecule is COC[C@@H]1CN(C(=O)C2CCOCC2)Cc2ccc(C(=O)NO)cc2O1. The fraction of sp³-hybridized carbons (Fsp3) is 0.556. The van der Waals surface area contributed by atoms with Gasteiger partial charge in [-0.1, -0.05) is 6.07 Å². The van der Waals surface area contributed by atoms with Gasteiger partial charge in [0.2, 0.25) is 5.91 Å². The van der Waals surface area contributed by atoms with Crippen LogP contribution in [-0.4, -0.2) is 61.5 Å². The molecule has 0 aromatic heterocycles. The van der Waals surface area contributed by atoms with Crippen molar-refractivity contribution in [2.45, 2.75) is 25.5 Å². The highest BCUT2D eigenvalue weighted by molar-refractivity contribution is 5.93. The normalized spacial score (nSPS) is 20.7. The Morgan fingerprint density at radius 3 is 2.81 bits per heavy atom. The van der Waals surface area contributed by atoms with Gasteiger partial charge in [-0.25, -0.2) is 5.48 Å². The molecule has 0 unspecified atom stereocenters. The molecule has 8 heteroatoms. The zero-order valence-corrected chi connectivity index (χ0v) is 14.8. The Morgan fingerprint density at radius 1 is 1.35 bits per heavy atom. The molecule has 1 aromatic rings. The highest BCUT2D eigenvalue weighted by Gasteiger charge is 2.31. The van der Waals surface area contributed by atoms with E-state index < -0.39 is 5.91 Å².